The highest BCUT2D eigenvalue weighted by Gasteiger charge is 2.21. The molecule has 1 unspecified atom stereocenters. The molecule has 3 heteroatoms. The van der Waals surface area contributed by atoms with Crippen LogP contribution in [-0.4, -0.2) is 37.5 Å². The zero-order valence-electron chi connectivity index (χ0n) is 13.1. The topological polar surface area (TPSA) is 32.3 Å². The van der Waals surface area contributed by atoms with Crippen LogP contribution in [-0.2, 0) is 4.79 Å². The van der Waals surface area contributed by atoms with Crippen molar-refractivity contribution in [1.29, 1.82) is 0 Å². The predicted molar refractivity (Wildman–Crippen MR) is 83.5 cm³/mol. The van der Waals surface area contributed by atoms with Crippen LogP contribution in [0.1, 0.15) is 39.5 Å². The van der Waals surface area contributed by atoms with Crippen molar-refractivity contribution in [2.24, 2.45) is 11.8 Å². The van der Waals surface area contributed by atoms with E-state index in [0.717, 1.165) is 49.5 Å². The van der Waals surface area contributed by atoms with Gasteiger partial charge in [0.15, 0.2) is 0 Å². The van der Waals surface area contributed by atoms with Gasteiger partial charge in [-0.15, -0.1) is 0 Å². The second kappa shape index (κ2) is 7.07. The van der Waals surface area contributed by atoms with Crippen LogP contribution in [0.3, 0.4) is 0 Å². The van der Waals surface area contributed by atoms with E-state index in [4.69, 9.17) is 0 Å². The molecule has 0 spiro atoms. The monoisotopic (exact) mass is 276 g/mol. The molecule has 0 saturated carbocycles. The van der Waals surface area contributed by atoms with Gasteiger partial charge in [-0.3, -0.25) is 4.79 Å². The summed E-state index contributed by atoms with van der Waals surface area (Å²) in [6.45, 7) is 7.40. The fourth-order valence-corrected chi connectivity index (χ4v) is 3.16. The van der Waals surface area contributed by atoms with Crippen molar-refractivity contribution in [3.8, 4) is 0 Å². The quantitative estimate of drug-likeness (QED) is 0.856. The molecule has 0 radical (unpaired) electrons. The van der Waals surface area contributed by atoms with Gasteiger partial charge in [-0.2, -0.15) is 0 Å². The van der Waals surface area contributed by atoms with E-state index in [2.05, 4.69) is 31.3 Å². The number of nitrogens with zero attached hydrogens (tertiary/aromatic N) is 1. The van der Waals surface area contributed by atoms with Crippen LogP contribution >= 0.6 is 0 Å². The molecule has 1 heterocycles. The first-order valence-corrected chi connectivity index (χ1v) is 7.93. The molecule has 1 aliphatic heterocycles. The molecule has 2 aliphatic rings. The van der Waals surface area contributed by atoms with E-state index >= 15 is 0 Å². The Kier molecular flexibility index (Phi) is 5.41. The maximum atomic E-state index is 12.5. The fraction of sp³-hybridized carbons (Fsp3) is 0.706. The molecular weight excluding hydrogens is 248 g/mol. The van der Waals surface area contributed by atoms with E-state index in [1.807, 2.05) is 11.9 Å². The normalized spacial score (nSPS) is 24.1. The summed E-state index contributed by atoms with van der Waals surface area (Å²) in [5, 5.41) is 3.39. The number of nitrogens with one attached hydrogen (secondary N) is 1. The lowest BCUT2D eigenvalue weighted by Gasteiger charge is -2.26. The Morgan fingerprint density at radius 2 is 2.10 bits per heavy atom. The number of carbonyl (C=O) groups is 1. The molecule has 20 heavy (non-hydrogen) atoms. The molecule has 0 bridgehead atoms. The average molecular weight is 276 g/mol. The van der Waals surface area contributed by atoms with Crippen molar-refractivity contribution in [3.05, 3.63) is 23.3 Å². The Morgan fingerprint density at radius 3 is 2.75 bits per heavy atom. The van der Waals surface area contributed by atoms with Gasteiger partial charge in [-0.25, -0.2) is 0 Å². The Bertz CT molecular complexity index is 405. The molecule has 1 fully saturated rings. The van der Waals surface area contributed by atoms with Gasteiger partial charge in [0.25, 0.3) is 5.91 Å². The largest absolute Gasteiger partial charge is 0.342 e. The Labute approximate surface area is 123 Å². The van der Waals surface area contributed by atoms with Crippen molar-refractivity contribution in [1.82, 2.24) is 10.2 Å². The third kappa shape index (κ3) is 3.95. The van der Waals surface area contributed by atoms with Gasteiger partial charge in [0.05, 0.1) is 0 Å². The number of likely N-dealkylation sites (N-methyl/N-ethyl adjacent to an activating group) is 1. The lowest BCUT2D eigenvalue weighted by molar-refractivity contribution is -0.125. The number of amides is 1. The molecule has 1 amide bonds. The highest BCUT2D eigenvalue weighted by molar-refractivity contribution is 5.97. The molecule has 112 valence electrons. The smallest absolute Gasteiger partial charge is 0.253 e. The fourth-order valence-electron chi connectivity index (χ4n) is 3.16. The minimum Gasteiger partial charge on any atom is -0.342 e. The lowest BCUT2D eigenvalue weighted by Crippen LogP contribution is -2.33. The maximum Gasteiger partial charge on any atom is 0.253 e. The summed E-state index contributed by atoms with van der Waals surface area (Å²) in [6.07, 6.45) is 8.95. The molecule has 2 rings (SSSR count). The minimum absolute atomic E-state index is 0.194. The van der Waals surface area contributed by atoms with E-state index in [-0.39, 0.29) is 5.91 Å². The summed E-state index contributed by atoms with van der Waals surface area (Å²) >= 11 is 0. The highest BCUT2D eigenvalue weighted by atomic mass is 16.2. The Balaban J connectivity index is 1.84. The van der Waals surface area contributed by atoms with Crippen molar-refractivity contribution < 1.29 is 4.79 Å². The van der Waals surface area contributed by atoms with Crippen LogP contribution in [0.25, 0.3) is 0 Å². The molecular formula is C17H28N2O. The van der Waals surface area contributed by atoms with E-state index in [9.17, 15) is 4.79 Å². The number of rotatable bonds is 4. The number of hydrogen-bond acceptors (Lipinski definition) is 2. The molecule has 0 aromatic carbocycles. The lowest BCUT2D eigenvalue weighted by atomic mass is 9.91. The standard InChI is InChI=1S/C17H28N2O/c1-13-4-5-16(14(2)12-13)17(20)19(3)11-8-15-6-9-18-10-7-15/h5,12-13,15,18H,4,6-11H2,1-3H3. The summed E-state index contributed by atoms with van der Waals surface area (Å²) in [4.78, 5) is 14.4. The van der Waals surface area contributed by atoms with Crippen molar-refractivity contribution >= 4 is 5.91 Å². The summed E-state index contributed by atoms with van der Waals surface area (Å²) in [6, 6.07) is 0. The SMILES string of the molecule is CC1=CC(C)CC=C1C(=O)N(C)CCC1CCNCC1. The van der Waals surface area contributed by atoms with E-state index in [0.29, 0.717) is 5.92 Å². The summed E-state index contributed by atoms with van der Waals surface area (Å²) in [7, 11) is 1.94. The van der Waals surface area contributed by atoms with Crippen LogP contribution in [0.4, 0.5) is 0 Å². The number of carbonyl (C=O) groups excluding carboxylic acids is 1. The number of piperidine rings is 1. The Morgan fingerprint density at radius 1 is 1.40 bits per heavy atom. The van der Waals surface area contributed by atoms with Crippen molar-refractivity contribution in [3.63, 3.8) is 0 Å². The molecule has 3 nitrogen and oxygen atoms in total. The predicted octanol–water partition coefficient (Wildman–Crippen LogP) is 2.75. The van der Waals surface area contributed by atoms with Gasteiger partial charge in [-0.1, -0.05) is 19.1 Å². The third-order valence-corrected chi connectivity index (χ3v) is 4.56. The molecule has 0 aromatic heterocycles. The summed E-state index contributed by atoms with van der Waals surface area (Å²) < 4.78 is 0. The van der Waals surface area contributed by atoms with Crippen LogP contribution in [0.2, 0.25) is 0 Å². The molecule has 1 aliphatic carbocycles. The average Bonchev–Trinajstić information content (AvgIpc) is 2.45. The van der Waals surface area contributed by atoms with Gasteiger partial charge in [0, 0.05) is 19.2 Å². The second-order valence-electron chi connectivity index (χ2n) is 6.39. The van der Waals surface area contributed by atoms with Gasteiger partial charge >= 0.3 is 0 Å². The summed E-state index contributed by atoms with van der Waals surface area (Å²) in [5.74, 6) is 1.54. The number of allylic oxidation sites excluding steroid dienone is 2. The van der Waals surface area contributed by atoms with Crippen LogP contribution in [0.5, 0.6) is 0 Å². The minimum atomic E-state index is 0.194. The van der Waals surface area contributed by atoms with Crippen molar-refractivity contribution in [2.45, 2.75) is 39.5 Å². The van der Waals surface area contributed by atoms with E-state index in [1.54, 1.807) is 0 Å². The zero-order chi connectivity index (χ0) is 14.5. The van der Waals surface area contributed by atoms with Crippen molar-refractivity contribution in [2.75, 3.05) is 26.7 Å². The van der Waals surface area contributed by atoms with Crippen LogP contribution < -0.4 is 5.32 Å². The summed E-state index contributed by atoms with van der Waals surface area (Å²) in [5.41, 5.74) is 2.05. The maximum absolute atomic E-state index is 12.5. The molecule has 1 atom stereocenters. The highest BCUT2D eigenvalue weighted by Crippen LogP contribution is 2.24. The molecule has 0 aromatic rings. The molecule has 1 saturated heterocycles. The van der Waals surface area contributed by atoms with Gasteiger partial charge < -0.3 is 10.2 Å². The first-order valence-electron chi connectivity index (χ1n) is 7.93. The first kappa shape index (κ1) is 15.3. The van der Waals surface area contributed by atoms with Gasteiger partial charge in [0.1, 0.15) is 0 Å². The third-order valence-electron chi connectivity index (χ3n) is 4.56. The van der Waals surface area contributed by atoms with E-state index < -0.39 is 0 Å². The van der Waals surface area contributed by atoms with Gasteiger partial charge in [0.2, 0.25) is 0 Å². The van der Waals surface area contributed by atoms with Gasteiger partial charge in [-0.05, 0) is 63.1 Å². The first-order chi connectivity index (χ1) is 9.58. The second-order valence-corrected chi connectivity index (χ2v) is 6.39. The van der Waals surface area contributed by atoms with Crippen LogP contribution in [0, 0.1) is 11.8 Å². The van der Waals surface area contributed by atoms with Crippen LogP contribution in [0.15, 0.2) is 23.3 Å². The zero-order valence-corrected chi connectivity index (χ0v) is 13.1. The van der Waals surface area contributed by atoms with E-state index in [1.165, 1.54) is 12.8 Å². The number of hydrogen-bond donors (Lipinski definition) is 1. The Hall–Kier alpha value is -1.09. The molecule has 1 N–H and O–H groups in total.